The molecule has 0 radical (unpaired) electrons. The summed E-state index contributed by atoms with van der Waals surface area (Å²) in [5.41, 5.74) is 7.64. The molecule has 6 N–H and O–H groups in total. The molecule has 14 nitrogen and oxygen atoms in total. The Morgan fingerprint density at radius 2 is 1.71 bits per heavy atom. The minimum atomic E-state index is -1.18. The van der Waals surface area contributed by atoms with E-state index in [4.69, 9.17) is 27.4 Å². The van der Waals surface area contributed by atoms with Gasteiger partial charge < -0.3 is 31.7 Å². The number of carbonyl (C=O) groups excluding carboxylic acids is 3. The number of aromatic nitrogens is 4. The summed E-state index contributed by atoms with van der Waals surface area (Å²) < 4.78 is 1.83. The van der Waals surface area contributed by atoms with E-state index in [-0.39, 0.29) is 18.0 Å². The van der Waals surface area contributed by atoms with Crippen molar-refractivity contribution in [2.24, 2.45) is 5.73 Å². The number of amides is 3. The largest absolute Gasteiger partial charge is 0.480 e. The van der Waals surface area contributed by atoms with Crippen molar-refractivity contribution in [2.75, 3.05) is 37.6 Å². The van der Waals surface area contributed by atoms with Crippen LogP contribution in [-0.2, 0) is 14.4 Å². The standard InChI is InChI=1S/C30H32ClN9O5/c1-2-37-30(29(32)45)11-13-39(14-12-30)26-24-27(36-17-35-26)40(25(38-24)20-5-3-4-6-21(20)31)19-9-7-18(8-10-19)28(44)34-15-22(41)33-16-23(42)43/h3-10,17,37H,2,11-16H2,1H3,(H2,32,45)(H,33,41)(H,34,44)(H,42,43). The fourth-order valence-electron chi connectivity index (χ4n) is 5.39. The van der Waals surface area contributed by atoms with Crippen molar-refractivity contribution in [1.82, 2.24) is 35.5 Å². The molecule has 5 rings (SSSR count). The quantitative estimate of drug-likeness (QED) is 0.161. The van der Waals surface area contributed by atoms with Crippen LogP contribution in [0, 0.1) is 0 Å². The molecule has 15 heteroatoms. The van der Waals surface area contributed by atoms with E-state index >= 15 is 0 Å². The minimum absolute atomic E-state index is 0.288. The molecule has 1 saturated heterocycles. The van der Waals surface area contributed by atoms with Crippen LogP contribution >= 0.6 is 11.6 Å². The van der Waals surface area contributed by atoms with E-state index in [0.717, 1.165) is 0 Å². The van der Waals surface area contributed by atoms with E-state index in [2.05, 4.69) is 30.8 Å². The monoisotopic (exact) mass is 633 g/mol. The normalized spacial score (nSPS) is 14.2. The molecule has 2 aromatic heterocycles. The smallest absolute Gasteiger partial charge is 0.322 e. The van der Waals surface area contributed by atoms with Crippen LogP contribution in [0.1, 0.15) is 30.1 Å². The molecule has 1 aliphatic heterocycles. The molecule has 4 aromatic rings. The van der Waals surface area contributed by atoms with Crippen LogP contribution in [-0.4, -0.2) is 86.6 Å². The molecule has 0 spiro atoms. The van der Waals surface area contributed by atoms with E-state index in [1.54, 1.807) is 30.3 Å². The number of nitrogens with two attached hydrogens (primary N) is 1. The van der Waals surface area contributed by atoms with Gasteiger partial charge in [-0.25, -0.2) is 15.0 Å². The zero-order valence-corrected chi connectivity index (χ0v) is 25.2. The second kappa shape index (κ2) is 13.3. The number of imidazole rings is 1. The highest BCUT2D eigenvalue weighted by Gasteiger charge is 2.40. The maximum atomic E-state index is 12.7. The molecule has 0 atom stereocenters. The number of rotatable bonds is 11. The Balaban J connectivity index is 1.48. The van der Waals surface area contributed by atoms with Crippen LogP contribution in [0.15, 0.2) is 54.9 Å². The van der Waals surface area contributed by atoms with Gasteiger partial charge in [0.05, 0.1) is 11.6 Å². The van der Waals surface area contributed by atoms with E-state index in [1.165, 1.54) is 6.33 Å². The molecule has 0 aliphatic carbocycles. The topological polar surface area (TPSA) is 197 Å². The number of anilines is 1. The predicted octanol–water partition coefficient (Wildman–Crippen LogP) is 1.50. The van der Waals surface area contributed by atoms with Crippen molar-refractivity contribution < 1.29 is 24.3 Å². The maximum absolute atomic E-state index is 12.7. The predicted molar refractivity (Wildman–Crippen MR) is 167 cm³/mol. The molecule has 0 bridgehead atoms. The Labute approximate surface area is 263 Å². The molecule has 1 fully saturated rings. The summed E-state index contributed by atoms with van der Waals surface area (Å²) in [6.07, 6.45) is 2.47. The van der Waals surface area contributed by atoms with Crippen LogP contribution < -0.4 is 26.6 Å². The fraction of sp³-hybridized carbons (Fsp3) is 0.300. The lowest BCUT2D eigenvalue weighted by atomic mass is 9.86. The molecule has 0 saturated carbocycles. The Bertz CT molecular complexity index is 1750. The van der Waals surface area contributed by atoms with E-state index in [0.29, 0.717) is 71.6 Å². The number of benzene rings is 2. The fourth-order valence-corrected chi connectivity index (χ4v) is 5.61. The Hall–Kier alpha value is -5.08. The zero-order valence-electron chi connectivity index (χ0n) is 24.4. The number of piperidine rings is 1. The molecule has 234 valence electrons. The number of carboxylic acid groups (broad SMARTS) is 1. The number of carboxylic acids is 1. The van der Waals surface area contributed by atoms with Crippen molar-refractivity contribution in [2.45, 2.75) is 25.3 Å². The average molecular weight is 634 g/mol. The lowest BCUT2D eigenvalue weighted by Crippen LogP contribution is -2.61. The molecular weight excluding hydrogens is 602 g/mol. The Kier molecular flexibility index (Phi) is 9.25. The highest BCUT2D eigenvalue weighted by Crippen LogP contribution is 2.36. The van der Waals surface area contributed by atoms with Crippen LogP contribution in [0.4, 0.5) is 5.82 Å². The number of primary amides is 1. The van der Waals surface area contributed by atoms with Gasteiger partial charge in [0.25, 0.3) is 5.91 Å². The van der Waals surface area contributed by atoms with Gasteiger partial charge in [-0.15, -0.1) is 0 Å². The molecule has 2 aromatic carbocycles. The summed E-state index contributed by atoms with van der Waals surface area (Å²) in [6, 6.07) is 13.9. The third-order valence-electron chi connectivity index (χ3n) is 7.68. The highest BCUT2D eigenvalue weighted by molar-refractivity contribution is 6.33. The van der Waals surface area contributed by atoms with Gasteiger partial charge in [0.2, 0.25) is 11.8 Å². The zero-order chi connectivity index (χ0) is 32.1. The van der Waals surface area contributed by atoms with Crippen LogP contribution in [0.25, 0.3) is 28.2 Å². The highest BCUT2D eigenvalue weighted by atomic mass is 35.5. The van der Waals surface area contributed by atoms with Crippen LogP contribution in [0.2, 0.25) is 5.02 Å². The minimum Gasteiger partial charge on any atom is -0.480 e. The first kappa shape index (κ1) is 31.3. The number of hydrogen-bond donors (Lipinski definition) is 5. The first-order chi connectivity index (χ1) is 21.6. The van der Waals surface area contributed by atoms with Gasteiger partial charge in [0, 0.05) is 29.9 Å². The number of aliphatic carboxylic acids is 1. The molecule has 3 amide bonds. The molecule has 1 aliphatic rings. The van der Waals surface area contributed by atoms with Crippen molar-refractivity contribution in [1.29, 1.82) is 0 Å². The van der Waals surface area contributed by atoms with Crippen molar-refractivity contribution in [3.8, 4) is 17.1 Å². The third kappa shape index (κ3) is 6.56. The number of likely N-dealkylation sites (N-methyl/N-ethyl adjacent to an activating group) is 1. The molecule has 45 heavy (non-hydrogen) atoms. The van der Waals surface area contributed by atoms with Gasteiger partial charge in [-0.3, -0.25) is 23.7 Å². The van der Waals surface area contributed by atoms with Crippen LogP contribution in [0.3, 0.4) is 0 Å². The number of fused-ring (bicyclic) bond motifs is 1. The Morgan fingerprint density at radius 3 is 2.36 bits per heavy atom. The van der Waals surface area contributed by atoms with E-state index in [9.17, 15) is 19.2 Å². The first-order valence-corrected chi connectivity index (χ1v) is 14.7. The number of nitrogens with zero attached hydrogens (tertiary/aromatic N) is 5. The lowest BCUT2D eigenvalue weighted by molar-refractivity contribution is -0.137. The summed E-state index contributed by atoms with van der Waals surface area (Å²) in [5.74, 6) is -1.56. The third-order valence-corrected chi connectivity index (χ3v) is 8.01. The first-order valence-electron chi connectivity index (χ1n) is 14.3. The number of hydrogen-bond acceptors (Lipinski definition) is 9. The van der Waals surface area contributed by atoms with E-state index in [1.807, 2.05) is 29.7 Å². The number of carbonyl (C=O) groups is 4. The SMILES string of the molecule is CCNC1(C(N)=O)CCN(c2ncnc3c2nc(-c2ccccc2Cl)n3-c2ccc(C(=O)NCC(=O)NCC(=O)O)cc2)CC1. The van der Waals surface area contributed by atoms with Gasteiger partial charge in [0.15, 0.2) is 17.0 Å². The lowest BCUT2D eigenvalue weighted by Gasteiger charge is -2.40. The number of nitrogens with one attached hydrogen (secondary N) is 3. The Morgan fingerprint density at radius 1 is 1.00 bits per heavy atom. The summed E-state index contributed by atoms with van der Waals surface area (Å²) >= 11 is 6.62. The van der Waals surface area contributed by atoms with Gasteiger partial charge in [-0.05, 0) is 55.8 Å². The van der Waals surface area contributed by atoms with Crippen LogP contribution in [0.5, 0.6) is 0 Å². The molecule has 3 heterocycles. The summed E-state index contributed by atoms with van der Waals surface area (Å²) in [7, 11) is 0. The summed E-state index contributed by atoms with van der Waals surface area (Å²) in [6.45, 7) is 2.69. The van der Waals surface area contributed by atoms with Gasteiger partial charge in [-0.2, -0.15) is 0 Å². The molecular formula is C30H32ClN9O5. The average Bonchev–Trinajstić information content (AvgIpc) is 3.43. The maximum Gasteiger partial charge on any atom is 0.322 e. The van der Waals surface area contributed by atoms with Crippen molar-refractivity contribution in [3.63, 3.8) is 0 Å². The van der Waals surface area contributed by atoms with Crippen molar-refractivity contribution >= 4 is 52.3 Å². The molecule has 0 unspecified atom stereocenters. The summed E-state index contributed by atoms with van der Waals surface area (Å²) in [4.78, 5) is 63.6. The summed E-state index contributed by atoms with van der Waals surface area (Å²) in [5, 5.41) is 17.1. The van der Waals surface area contributed by atoms with Gasteiger partial charge >= 0.3 is 5.97 Å². The second-order valence-electron chi connectivity index (χ2n) is 10.5. The van der Waals surface area contributed by atoms with Gasteiger partial charge in [0.1, 0.15) is 24.2 Å². The van der Waals surface area contributed by atoms with Crippen molar-refractivity contribution in [3.05, 3.63) is 65.4 Å². The second-order valence-corrected chi connectivity index (χ2v) is 10.9. The van der Waals surface area contributed by atoms with E-state index < -0.39 is 29.9 Å². The van der Waals surface area contributed by atoms with Gasteiger partial charge in [-0.1, -0.05) is 30.7 Å². The number of halogens is 1.